The van der Waals surface area contributed by atoms with Gasteiger partial charge in [0.1, 0.15) is 0 Å². The number of para-hydroxylation sites is 2. The highest BCUT2D eigenvalue weighted by Crippen LogP contribution is 2.53. The van der Waals surface area contributed by atoms with E-state index in [9.17, 15) is 0 Å². The van der Waals surface area contributed by atoms with Gasteiger partial charge in [-0.15, -0.1) is 0 Å². The lowest BCUT2D eigenvalue weighted by Gasteiger charge is -2.29. The first-order valence-corrected chi connectivity index (χ1v) is 27.3. The molecule has 78 heavy (non-hydrogen) atoms. The summed E-state index contributed by atoms with van der Waals surface area (Å²) in [6.45, 7) is 9.52. The van der Waals surface area contributed by atoms with Gasteiger partial charge in [0.25, 0.3) is 0 Å². The molecule has 2 aliphatic carbocycles. The standard InChI is InChI=1S/C76H58N2/c1-75(2)69-47-51(37-43-65(69)67-45-41-59(49-71(67)75)77(57-25-7-5-8-26-57)73-33-17-23-53-19-11-13-29-63(53)73)35-39-55-21-15-32-62-56(22-16-31-61(55)62)40-36-52-38-44-66-68-46-42-60(50-72(68)76(3,4)70(66)48-52)78(58-27-9-6-10-28-58)74-34-18-24-54-20-12-14-30-64(54)74/h5-50H,1-4H3/b39-35+,40-36+. The summed E-state index contributed by atoms with van der Waals surface area (Å²) in [6, 6.07) is 93.6. The first kappa shape index (κ1) is 47.0. The second-order valence-corrected chi connectivity index (χ2v) is 22.1. The van der Waals surface area contributed by atoms with Crippen molar-refractivity contribution in [3.8, 4) is 22.3 Å². The Morgan fingerprint density at radius 3 is 1.05 bits per heavy atom. The quantitative estimate of drug-likeness (QED) is 0.126. The Bertz CT molecular complexity index is 4090. The molecule has 0 aliphatic heterocycles. The lowest BCUT2D eigenvalue weighted by Crippen LogP contribution is -2.16. The molecule has 0 spiro atoms. The molecule has 0 radical (unpaired) electrons. The molecule has 2 heteroatoms. The molecule has 0 heterocycles. The van der Waals surface area contributed by atoms with E-state index in [1.807, 2.05) is 0 Å². The number of benzene rings is 12. The average Bonchev–Trinajstić information content (AvgIpc) is 4.05. The van der Waals surface area contributed by atoms with Crippen LogP contribution in [0.25, 0.3) is 78.9 Å². The van der Waals surface area contributed by atoms with Gasteiger partial charge in [0.05, 0.1) is 11.4 Å². The van der Waals surface area contributed by atoms with Gasteiger partial charge < -0.3 is 9.80 Å². The topological polar surface area (TPSA) is 6.48 Å². The van der Waals surface area contributed by atoms with Gasteiger partial charge in [0, 0.05) is 44.4 Å². The van der Waals surface area contributed by atoms with Gasteiger partial charge in [-0.1, -0.05) is 246 Å². The van der Waals surface area contributed by atoms with Crippen LogP contribution in [0.2, 0.25) is 0 Å². The number of hydrogen-bond donors (Lipinski definition) is 0. The van der Waals surface area contributed by atoms with E-state index in [-0.39, 0.29) is 10.8 Å². The molecule has 0 amide bonds. The molecular formula is C76H58N2. The highest BCUT2D eigenvalue weighted by Gasteiger charge is 2.38. The molecule has 0 aromatic heterocycles. The van der Waals surface area contributed by atoms with E-state index in [0.29, 0.717) is 0 Å². The largest absolute Gasteiger partial charge is 0.310 e. The van der Waals surface area contributed by atoms with Crippen LogP contribution in [-0.2, 0) is 10.8 Å². The minimum Gasteiger partial charge on any atom is -0.310 e. The van der Waals surface area contributed by atoms with Gasteiger partial charge in [-0.3, -0.25) is 0 Å². The van der Waals surface area contributed by atoms with Gasteiger partial charge in [-0.25, -0.2) is 0 Å². The maximum atomic E-state index is 2.43. The molecule has 2 aliphatic rings. The zero-order valence-electron chi connectivity index (χ0n) is 44.5. The van der Waals surface area contributed by atoms with Gasteiger partial charge in [-0.2, -0.15) is 0 Å². The summed E-state index contributed by atoms with van der Waals surface area (Å²) in [5.41, 5.74) is 22.0. The fraction of sp³-hybridized carbons (Fsp3) is 0.0789. The number of fused-ring (bicyclic) bond motifs is 9. The molecule has 0 bridgehead atoms. The molecule has 2 nitrogen and oxygen atoms in total. The van der Waals surface area contributed by atoms with Crippen LogP contribution in [0.15, 0.2) is 255 Å². The monoisotopic (exact) mass is 998 g/mol. The maximum Gasteiger partial charge on any atom is 0.0540 e. The van der Waals surface area contributed by atoms with Crippen LogP contribution in [0.4, 0.5) is 34.1 Å². The summed E-state index contributed by atoms with van der Waals surface area (Å²) in [5, 5.41) is 7.39. The lowest BCUT2D eigenvalue weighted by atomic mass is 9.81. The number of hydrogen-bond acceptors (Lipinski definition) is 2. The van der Waals surface area contributed by atoms with Crippen LogP contribution in [-0.4, -0.2) is 0 Å². The third-order valence-electron chi connectivity index (χ3n) is 16.8. The zero-order valence-corrected chi connectivity index (χ0v) is 44.5. The Hall–Kier alpha value is -9.50. The maximum absolute atomic E-state index is 2.43. The second-order valence-electron chi connectivity index (χ2n) is 22.1. The summed E-state index contributed by atoms with van der Waals surface area (Å²) >= 11 is 0. The van der Waals surface area contributed by atoms with E-state index < -0.39 is 0 Å². The van der Waals surface area contributed by atoms with Crippen LogP contribution in [0.5, 0.6) is 0 Å². The van der Waals surface area contributed by atoms with Crippen LogP contribution in [0.3, 0.4) is 0 Å². The summed E-state index contributed by atoms with van der Waals surface area (Å²) in [5.74, 6) is 0. The fourth-order valence-corrected chi connectivity index (χ4v) is 12.8. The van der Waals surface area contributed by atoms with Gasteiger partial charge in [0.15, 0.2) is 0 Å². The minimum atomic E-state index is -0.197. The van der Waals surface area contributed by atoms with Crippen molar-refractivity contribution in [3.05, 3.63) is 299 Å². The van der Waals surface area contributed by atoms with Crippen molar-refractivity contribution in [1.82, 2.24) is 0 Å². The van der Waals surface area contributed by atoms with E-state index in [2.05, 4.69) is 317 Å². The van der Waals surface area contributed by atoms with Crippen molar-refractivity contribution in [2.45, 2.75) is 38.5 Å². The predicted octanol–water partition coefficient (Wildman–Crippen LogP) is 21.0. The Morgan fingerprint density at radius 1 is 0.269 bits per heavy atom. The SMILES string of the molecule is CC1(C)c2cc(/C=C/c3cccc4c(/C=C/c5ccc6c(c5)C(C)(C)c5cc(N(c7ccccc7)c7cccc8ccccc78)ccc5-6)cccc34)ccc2-c2ccc(N(c3ccccc3)c3cccc4ccccc34)cc21. The first-order chi connectivity index (χ1) is 38.2. The van der Waals surface area contributed by atoms with E-state index in [1.165, 1.54) is 110 Å². The molecule has 0 fully saturated rings. The molecule has 12 aromatic carbocycles. The molecule has 0 saturated heterocycles. The zero-order chi connectivity index (χ0) is 52.5. The summed E-state index contributed by atoms with van der Waals surface area (Å²) in [6.07, 6.45) is 9.16. The predicted molar refractivity (Wildman–Crippen MR) is 334 cm³/mol. The van der Waals surface area contributed by atoms with Crippen molar-refractivity contribution < 1.29 is 0 Å². The van der Waals surface area contributed by atoms with Crippen LogP contribution >= 0.6 is 0 Å². The van der Waals surface area contributed by atoms with Crippen molar-refractivity contribution in [2.75, 3.05) is 9.80 Å². The Balaban J connectivity index is 0.736. The Labute approximate surface area is 458 Å². The number of nitrogens with zero attached hydrogens (tertiary/aromatic N) is 2. The van der Waals surface area contributed by atoms with E-state index in [4.69, 9.17) is 0 Å². The van der Waals surface area contributed by atoms with Crippen LogP contribution < -0.4 is 9.80 Å². The van der Waals surface area contributed by atoms with E-state index in [1.54, 1.807) is 0 Å². The van der Waals surface area contributed by atoms with Gasteiger partial charge >= 0.3 is 0 Å². The highest BCUT2D eigenvalue weighted by atomic mass is 15.1. The molecule has 0 unspecified atom stereocenters. The van der Waals surface area contributed by atoms with Gasteiger partial charge in [-0.05, 0) is 149 Å². The molecule has 372 valence electrons. The lowest BCUT2D eigenvalue weighted by molar-refractivity contribution is 0.660. The average molecular weight is 999 g/mol. The molecule has 0 atom stereocenters. The molecule has 14 rings (SSSR count). The Kier molecular flexibility index (Phi) is 11.2. The molecule has 0 saturated carbocycles. The van der Waals surface area contributed by atoms with Crippen molar-refractivity contribution in [3.63, 3.8) is 0 Å². The highest BCUT2D eigenvalue weighted by molar-refractivity contribution is 6.02. The van der Waals surface area contributed by atoms with Crippen LogP contribution in [0, 0.1) is 0 Å². The van der Waals surface area contributed by atoms with Crippen LogP contribution in [0.1, 0.15) is 72.2 Å². The van der Waals surface area contributed by atoms with Crippen molar-refractivity contribution in [2.24, 2.45) is 0 Å². The molecule has 12 aromatic rings. The Morgan fingerprint density at radius 2 is 0.615 bits per heavy atom. The summed E-state index contributed by atoms with van der Waals surface area (Å²) in [4.78, 5) is 4.83. The minimum absolute atomic E-state index is 0.197. The van der Waals surface area contributed by atoms with Crippen molar-refractivity contribution >= 4 is 90.7 Å². The third kappa shape index (κ3) is 7.86. The molecular weight excluding hydrogens is 941 g/mol. The van der Waals surface area contributed by atoms with E-state index >= 15 is 0 Å². The van der Waals surface area contributed by atoms with Crippen molar-refractivity contribution in [1.29, 1.82) is 0 Å². The third-order valence-corrected chi connectivity index (χ3v) is 16.8. The second kappa shape index (κ2) is 18.7. The smallest absolute Gasteiger partial charge is 0.0540 e. The number of anilines is 6. The van der Waals surface area contributed by atoms with Gasteiger partial charge in [0.2, 0.25) is 0 Å². The normalized spacial score (nSPS) is 13.7. The number of rotatable bonds is 10. The van der Waals surface area contributed by atoms with E-state index in [0.717, 1.165) is 22.7 Å². The first-order valence-electron chi connectivity index (χ1n) is 27.3. The molecule has 0 N–H and O–H groups in total. The summed E-state index contributed by atoms with van der Waals surface area (Å²) < 4.78 is 0. The fourth-order valence-electron chi connectivity index (χ4n) is 12.8. The summed E-state index contributed by atoms with van der Waals surface area (Å²) in [7, 11) is 0.